The van der Waals surface area contributed by atoms with Crippen LogP contribution in [0.15, 0.2) is 0 Å². The monoisotopic (exact) mass is 216 g/mol. The van der Waals surface area contributed by atoms with Crippen LogP contribution in [-0.4, -0.2) is 42.3 Å². The zero-order valence-corrected chi connectivity index (χ0v) is 9.31. The van der Waals surface area contributed by atoms with Gasteiger partial charge in [0, 0.05) is 5.41 Å². The minimum absolute atomic E-state index is 0.148. The summed E-state index contributed by atoms with van der Waals surface area (Å²) in [4.78, 5) is 11.5. The van der Waals surface area contributed by atoms with E-state index in [2.05, 4.69) is 4.74 Å². The maximum atomic E-state index is 11.5. The summed E-state index contributed by atoms with van der Waals surface area (Å²) in [6, 6.07) is 0. The van der Waals surface area contributed by atoms with Crippen LogP contribution in [0.4, 0.5) is 0 Å². The van der Waals surface area contributed by atoms with Crippen LogP contribution in [-0.2, 0) is 19.0 Å². The minimum Gasteiger partial charge on any atom is -0.467 e. The lowest BCUT2D eigenvalue weighted by atomic mass is 9.78. The van der Waals surface area contributed by atoms with Crippen molar-refractivity contribution in [3.8, 4) is 0 Å². The Kier molecular flexibility index (Phi) is 2.12. The van der Waals surface area contributed by atoms with E-state index in [1.54, 1.807) is 0 Å². The van der Waals surface area contributed by atoms with E-state index in [0.717, 1.165) is 0 Å². The Bertz CT molecular complexity index is 296. The molecule has 0 aromatic rings. The van der Waals surface area contributed by atoms with Gasteiger partial charge in [0.25, 0.3) is 0 Å². The molecule has 2 rings (SSSR count). The van der Waals surface area contributed by atoms with Crippen LogP contribution in [0.3, 0.4) is 0 Å². The van der Waals surface area contributed by atoms with Crippen LogP contribution in [0.25, 0.3) is 0 Å². The van der Waals surface area contributed by atoms with Crippen molar-refractivity contribution in [2.24, 2.45) is 5.41 Å². The van der Waals surface area contributed by atoms with Gasteiger partial charge >= 0.3 is 5.97 Å². The summed E-state index contributed by atoms with van der Waals surface area (Å²) >= 11 is 0. The van der Waals surface area contributed by atoms with Crippen LogP contribution in [0.1, 0.15) is 20.8 Å². The highest BCUT2D eigenvalue weighted by Gasteiger charge is 2.68. The predicted octanol–water partition coefficient (Wildman–Crippen LogP) is 0.0603. The van der Waals surface area contributed by atoms with Gasteiger partial charge in [-0.2, -0.15) is 0 Å². The number of hydrogen-bond acceptors (Lipinski definition) is 5. The van der Waals surface area contributed by atoms with E-state index in [-0.39, 0.29) is 12.2 Å². The van der Waals surface area contributed by atoms with Crippen LogP contribution in [0.5, 0.6) is 0 Å². The summed E-state index contributed by atoms with van der Waals surface area (Å²) in [5.41, 5.74) is -0.472. The first-order valence-corrected chi connectivity index (χ1v) is 4.94. The molecule has 5 nitrogen and oxygen atoms in total. The summed E-state index contributed by atoms with van der Waals surface area (Å²) in [7, 11) is 1.30. The number of epoxide rings is 1. The fraction of sp³-hybridized carbons (Fsp3) is 0.900. The van der Waals surface area contributed by atoms with E-state index in [4.69, 9.17) is 9.47 Å². The molecule has 0 aliphatic carbocycles. The zero-order chi connectivity index (χ0) is 11.4. The molecule has 0 radical (unpaired) electrons. The molecule has 0 spiro atoms. The van der Waals surface area contributed by atoms with E-state index in [9.17, 15) is 9.90 Å². The molecule has 4 atom stereocenters. The number of hydrogen-bond donors (Lipinski definition) is 1. The van der Waals surface area contributed by atoms with Gasteiger partial charge < -0.3 is 19.3 Å². The fourth-order valence-electron chi connectivity index (χ4n) is 2.15. The van der Waals surface area contributed by atoms with Crippen molar-refractivity contribution < 1.29 is 24.1 Å². The van der Waals surface area contributed by atoms with Gasteiger partial charge in [0.1, 0.15) is 6.10 Å². The van der Waals surface area contributed by atoms with Gasteiger partial charge in [-0.25, -0.2) is 4.79 Å². The summed E-state index contributed by atoms with van der Waals surface area (Å²) < 4.78 is 15.4. The molecule has 0 bridgehead atoms. The fourth-order valence-corrected chi connectivity index (χ4v) is 2.15. The van der Waals surface area contributed by atoms with Gasteiger partial charge in [0.2, 0.25) is 0 Å². The Morgan fingerprint density at radius 3 is 2.47 bits per heavy atom. The lowest BCUT2D eigenvalue weighted by Gasteiger charge is -2.39. The van der Waals surface area contributed by atoms with Crippen LogP contribution < -0.4 is 0 Å². The number of fused-ring (bicyclic) bond motifs is 1. The van der Waals surface area contributed by atoms with Crippen molar-refractivity contribution in [1.82, 2.24) is 0 Å². The molecule has 15 heavy (non-hydrogen) atoms. The number of esters is 1. The average molecular weight is 216 g/mol. The first kappa shape index (κ1) is 10.9. The van der Waals surface area contributed by atoms with E-state index in [0.29, 0.717) is 0 Å². The van der Waals surface area contributed by atoms with E-state index >= 15 is 0 Å². The second kappa shape index (κ2) is 2.93. The molecule has 0 amide bonds. The molecule has 86 valence electrons. The lowest BCUT2D eigenvalue weighted by Crippen LogP contribution is -2.56. The summed E-state index contributed by atoms with van der Waals surface area (Å²) in [5, 5.41) is 9.88. The second-order valence-electron chi connectivity index (χ2n) is 4.87. The third-order valence-corrected chi connectivity index (χ3v) is 3.20. The number of methoxy groups -OCH3 is 1. The van der Waals surface area contributed by atoms with Crippen LogP contribution in [0.2, 0.25) is 0 Å². The molecular formula is C10H16O5. The molecular weight excluding hydrogens is 200 g/mol. The summed E-state index contributed by atoms with van der Waals surface area (Å²) in [5.74, 6) is -1.88. The maximum Gasteiger partial charge on any atom is 0.335 e. The molecule has 2 fully saturated rings. The van der Waals surface area contributed by atoms with Crippen LogP contribution in [0, 0.1) is 5.41 Å². The molecule has 0 aromatic heterocycles. The molecule has 2 aliphatic heterocycles. The average Bonchev–Trinajstić information content (AvgIpc) is 2.91. The van der Waals surface area contributed by atoms with Gasteiger partial charge in [-0.05, 0) is 6.92 Å². The topological polar surface area (TPSA) is 68.3 Å². The quantitative estimate of drug-likeness (QED) is 0.496. The van der Waals surface area contributed by atoms with E-state index in [1.165, 1.54) is 14.0 Å². The summed E-state index contributed by atoms with van der Waals surface area (Å²) in [6.07, 6.45) is -1.28. The zero-order valence-electron chi connectivity index (χ0n) is 9.31. The number of rotatable bonds is 1. The highest BCUT2D eigenvalue weighted by molar-refractivity contribution is 5.76. The molecule has 2 heterocycles. The lowest BCUT2D eigenvalue weighted by molar-refractivity contribution is -0.261. The second-order valence-corrected chi connectivity index (χ2v) is 4.87. The van der Waals surface area contributed by atoms with Crippen molar-refractivity contribution >= 4 is 5.97 Å². The molecule has 0 saturated carbocycles. The Labute approximate surface area is 88.3 Å². The normalized spacial score (nSPS) is 46.9. The van der Waals surface area contributed by atoms with Gasteiger partial charge in [0.05, 0.1) is 13.2 Å². The van der Waals surface area contributed by atoms with Crippen molar-refractivity contribution in [2.45, 2.75) is 44.9 Å². The Balaban J connectivity index is 2.25. The molecule has 0 aromatic carbocycles. The number of carbonyl (C=O) groups is 1. The SMILES string of the molecule is COC(=O)[C@H]1O[C@](C)(O)[C@@H]2O[C@@H]2C1(C)C. The first-order valence-electron chi connectivity index (χ1n) is 4.94. The standard InChI is InChI=1S/C10H16O5/c1-9(2)5-6(14-5)10(3,12)15-7(9)8(11)13-4/h5-7,12H,1-4H3/t5-,6+,7+,10-/m0/s1. The highest BCUT2D eigenvalue weighted by atomic mass is 16.7. The molecule has 2 saturated heterocycles. The predicted molar refractivity (Wildman–Crippen MR) is 50.0 cm³/mol. The van der Waals surface area contributed by atoms with E-state index in [1.807, 2.05) is 13.8 Å². The van der Waals surface area contributed by atoms with Gasteiger partial charge in [-0.1, -0.05) is 13.8 Å². The number of aliphatic hydroxyl groups is 1. The molecule has 0 unspecified atom stereocenters. The van der Waals surface area contributed by atoms with Gasteiger partial charge in [-0.15, -0.1) is 0 Å². The van der Waals surface area contributed by atoms with Crippen molar-refractivity contribution in [1.29, 1.82) is 0 Å². The smallest absolute Gasteiger partial charge is 0.335 e. The molecule has 2 aliphatic rings. The highest BCUT2D eigenvalue weighted by Crippen LogP contribution is 2.52. The van der Waals surface area contributed by atoms with Crippen molar-refractivity contribution in [2.75, 3.05) is 7.11 Å². The van der Waals surface area contributed by atoms with Gasteiger partial charge in [0.15, 0.2) is 11.9 Å². The Morgan fingerprint density at radius 2 is 1.93 bits per heavy atom. The van der Waals surface area contributed by atoms with Gasteiger partial charge in [-0.3, -0.25) is 0 Å². The van der Waals surface area contributed by atoms with Crippen LogP contribution >= 0.6 is 0 Å². The molecule has 5 heteroatoms. The van der Waals surface area contributed by atoms with Crippen molar-refractivity contribution in [3.63, 3.8) is 0 Å². The third-order valence-electron chi connectivity index (χ3n) is 3.20. The Morgan fingerprint density at radius 1 is 1.33 bits per heavy atom. The number of ether oxygens (including phenoxy) is 3. The third kappa shape index (κ3) is 1.46. The molecule has 1 N–H and O–H groups in total. The number of carbonyl (C=O) groups excluding carboxylic acids is 1. The minimum atomic E-state index is -1.40. The van der Waals surface area contributed by atoms with Crippen molar-refractivity contribution in [3.05, 3.63) is 0 Å². The Hall–Kier alpha value is -0.650. The largest absolute Gasteiger partial charge is 0.467 e. The van der Waals surface area contributed by atoms with E-state index < -0.39 is 23.3 Å². The maximum absolute atomic E-state index is 11.5. The first-order chi connectivity index (χ1) is 6.80. The summed E-state index contributed by atoms with van der Waals surface area (Å²) in [6.45, 7) is 5.24.